The van der Waals surface area contributed by atoms with Crippen LogP contribution in [0.3, 0.4) is 0 Å². The number of alkyl halides is 3. The maximum Gasteiger partial charge on any atom is 0.329 e. The van der Waals surface area contributed by atoms with Gasteiger partial charge in [-0.25, -0.2) is 0 Å². The molecule has 1 aliphatic rings. The van der Waals surface area contributed by atoms with Crippen LogP contribution in [0.15, 0.2) is 0 Å². The third-order valence-corrected chi connectivity index (χ3v) is 3.62. The van der Waals surface area contributed by atoms with Gasteiger partial charge in [0.05, 0.1) is 0 Å². The molecule has 1 saturated carbocycles. The topological polar surface area (TPSA) is 20.2 Å². The Bertz CT molecular complexity index is 225. The minimum absolute atomic E-state index is 0.132. The molecule has 0 aromatic heterocycles. The first kappa shape index (κ1) is 12.4. The lowest BCUT2D eigenvalue weighted by atomic mass is 9.66. The Morgan fingerprint density at radius 3 is 2.21 bits per heavy atom. The second-order valence-corrected chi connectivity index (χ2v) is 6.38. The Morgan fingerprint density at radius 2 is 1.86 bits per heavy atom. The molecule has 0 spiro atoms. The minimum atomic E-state index is -3.19. The molecular weight excluding hydrogens is 254 g/mol. The molecule has 1 aliphatic carbocycles. The van der Waals surface area contributed by atoms with E-state index >= 15 is 0 Å². The predicted octanol–water partition coefficient (Wildman–Crippen LogP) is 3.55. The number of aliphatic hydroxyl groups is 1. The van der Waals surface area contributed by atoms with Crippen molar-refractivity contribution < 1.29 is 13.9 Å². The van der Waals surface area contributed by atoms with Gasteiger partial charge >= 0.3 is 4.83 Å². The van der Waals surface area contributed by atoms with Gasteiger partial charge in [-0.1, -0.05) is 20.8 Å². The largest absolute Gasteiger partial charge is 0.383 e. The molecule has 0 aliphatic heterocycles. The molecule has 4 heteroatoms. The van der Waals surface area contributed by atoms with Crippen molar-refractivity contribution in [3.05, 3.63) is 0 Å². The number of hydrogen-bond donors (Lipinski definition) is 1. The summed E-state index contributed by atoms with van der Waals surface area (Å²) >= 11 is 2.29. The molecule has 1 fully saturated rings. The van der Waals surface area contributed by atoms with E-state index in [9.17, 15) is 13.9 Å². The Balaban J connectivity index is 2.90. The van der Waals surface area contributed by atoms with Gasteiger partial charge in [0.15, 0.2) is 0 Å². The average Bonchev–Trinajstić information content (AvgIpc) is 1.76. The summed E-state index contributed by atoms with van der Waals surface area (Å²) in [5.74, 6) is 0.132. The Hall–Kier alpha value is 0.300. The highest BCUT2D eigenvalue weighted by Crippen LogP contribution is 2.51. The summed E-state index contributed by atoms with van der Waals surface area (Å²) in [5, 5.41) is 9.92. The van der Waals surface area contributed by atoms with Crippen molar-refractivity contribution in [2.24, 2.45) is 11.3 Å². The van der Waals surface area contributed by atoms with Crippen LogP contribution in [0, 0.1) is 11.3 Å². The zero-order chi connectivity index (χ0) is 11.2. The first-order valence-corrected chi connectivity index (χ1v) is 5.64. The summed E-state index contributed by atoms with van der Waals surface area (Å²) in [6.07, 6.45) is 1.19. The first-order valence-electron chi connectivity index (χ1n) is 4.85. The van der Waals surface area contributed by atoms with Gasteiger partial charge in [-0.2, -0.15) is 8.78 Å². The fourth-order valence-corrected chi connectivity index (χ4v) is 3.05. The number of halogens is 3. The van der Waals surface area contributed by atoms with Gasteiger partial charge in [0.25, 0.3) is 0 Å². The maximum absolute atomic E-state index is 13.2. The SMILES string of the molecule is CC1CC(C)(C)CC(O)(C(F)(F)Br)C1. The van der Waals surface area contributed by atoms with Crippen LogP contribution < -0.4 is 0 Å². The second kappa shape index (κ2) is 3.41. The molecule has 84 valence electrons. The third-order valence-electron chi connectivity index (χ3n) is 2.89. The first-order chi connectivity index (χ1) is 6.06. The third kappa shape index (κ3) is 2.45. The predicted molar refractivity (Wildman–Crippen MR) is 55.6 cm³/mol. The van der Waals surface area contributed by atoms with Crippen LogP contribution in [-0.4, -0.2) is 15.5 Å². The van der Waals surface area contributed by atoms with E-state index in [1.54, 1.807) is 0 Å². The molecule has 0 aromatic rings. The molecule has 1 N–H and O–H groups in total. The van der Waals surface area contributed by atoms with Gasteiger partial charge in [0.1, 0.15) is 5.60 Å². The molecule has 0 radical (unpaired) electrons. The van der Waals surface area contributed by atoms with Crippen molar-refractivity contribution in [1.29, 1.82) is 0 Å². The zero-order valence-corrected chi connectivity index (χ0v) is 10.4. The van der Waals surface area contributed by atoms with Crippen LogP contribution in [0.4, 0.5) is 8.78 Å². The molecule has 2 unspecified atom stereocenters. The Morgan fingerprint density at radius 1 is 1.36 bits per heavy atom. The highest BCUT2D eigenvalue weighted by Gasteiger charge is 2.55. The van der Waals surface area contributed by atoms with Crippen molar-refractivity contribution >= 4 is 15.9 Å². The van der Waals surface area contributed by atoms with Gasteiger partial charge in [0, 0.05) is 0 Å². The van der Waals surface area contributed by atoms with Crippen LogP contribution >= 0.6 is 15.9 Å². The molecule has 2 atom stereocenters. The van der Waals surface area contributed by atoms with Crippen molar-refractivity contribution in [2.75, 3.05) is 0 Å². The second-order valence-electron chi connectivity index (χ2n) is 5.38. The summed E-state index contributed by atoms with van der Waals surface area (Å²) < 4.78 is 26.4. The van der Waals surface area contributed by atoms with Crippen molar-refractivity contribution in [2.45, 2.75) is 50.5 Å². The van der Waals surface area contributed by atoms with E-state index in [4.69, 9.17) is 0 Å². The molecular formula is C10H17BrF2O. The van der Waals surface area contributed by atoms with Gasteiger partial charge in [-0.3, -0.25) is 0 Å². The minimum Gasteiger partial charge on any atom is -0.383 e. The summed E-state index contributed by atoms with van der Waals surface area (Å²) in [6.45, 7) is 5.75. The highest BCUT2D eigenvalue weighted by molar-refractivity contribution is 9.10. The summed E-state index contributed by atoms with van der Waals surface area (Å²) in [7, 11) is 0. The summed E-state index contributed by atoms with van der Waals surface area (Å²) in [4.78, 5) is -3.19. The molecule has 0 amide bonds. The fraction of sp³-hybridized carbons (Fsp3) is 1.00. The lowest BCUT2D eigenvalue weighted by molar-refractivity contribution is -0.165. The molecule has 0 saturated heterocycles. The van der Waals surface area contributed by atoms with E-state index in [2.05, 4.69) is 15.9 Å². The lowest BCUT2D eigenvalue weighted by Gasteiger charge is -2.46. The fourth-order valence-electron chi connectivity index (χ4n) is 2.74. The van der Waals surface area contributed by atoms with E-state index in [-0.39, 0.29) is 24.2 Å². The van der Waals surface area contributed by atoms with E-state index in [0.717, 1.165) is 6.42 Å². The van der Waals surface area contributed by atoms with Crippen LogP contribution in [-0.2, 0) is 0 Å². The normalized spacial score (nSPS) is 38.4. The van der Waals surface area contributed by atoms with Crippen LogP contribution in [0.1, 0.15) is 40.0 Å². The molecule has 0 heterocycles. The van der Waals surface area contributed by atoms with Gasteiger partial charge < -0.3 is 5.11 Å². The van der Waals surface area contributed by atoms with Crippen molar-refractivity contribution in [3.8, 4) is 0 Å². The monoisotopic (exact) mass is 270 g/mol. The maximum atomic E-state index is 13.2. The Kier molecular flexibility index (Phi) is 3.01. The van der Waals surface area contributed by atoms with Crippen LogP contribution in [0.5, 0.6) is 0 Å². The van der Waals surface area contributed by atoms with Crippen molar-refractivity contribution in [1.82, 2.24) is 0 Å². The number of rotatable bonds is 1. The summed E-state index contributed by atoms with van der Waals surface area (Å²) in [6, 6.07) is 0. The summed E-state index contributed by atoms with van der Waals surface area (Å²) in [5.41, 5.74) is -2.11. The molecule has 14 heavy (non-hydrogen) atoms. The molecule has 0 aromatic carbocycles. The van der Waals surface area contributed by atoms with E-state index in [1.165, 1.54) is 0 Å². The molecule has 0 bridgehead atoms. The lowest BCUT2D eigenvalue weighted by Crippen LogP contribution is -2.51. The van der Waals surface area contributed by atoms with Crippen LogP contribution in [0.2, 0.25) is 0 Å². The number of hydrogen-bond acceptors (Lipinski definition) is 1. The van der Waals surface area contributed by atoms with Crippen LogP contribution in [0.25, 0.3) is 0 Å². The average molecular weight is 271 g/mol. The molecule has 1 rings (SSSR count). The van der Waals surface area contributed by atoms with Gasteiger partial charge in [0.2, 0.25) is 0 Å². The Labute approximate surface area is 92.0 Å². The zero-order valence-electron chi connectivity index (χ0n) is 8.78. The van der Waals surface area contributed by atoms with E-state index in [0.29, 0.717) is 0 Å². The molecule has 1 nitrogen and oxygen atoms in total. The highest BCUT2D eigenvalue weighted by atomic mass is 79.9. The van der Waals surface area contributed by atoms with Gasteiger partial charge in [-0.05, 0) is 46.5 Å². The van der Waals surface area contributed by atoms with Crippen molar-refractivity contribution in [3.63, 3.8) is 0 Å². The van der Waals surface area contributed by atoms with E-state index < -0.39 is 10.4 Å². The van der Waals surface area contributed by atoms with Gasteiger partial charge in [-0.15, -0.1) is 0 Å². The smallest absolute Gasteiger partial charge is 0.329 e. The van der Waals surface area contributed by atoms with E-state index in [1.807, 2.05) is 20.8 Å². The quantitative estimate of drug-likeness (QED) is 0.723. The standard InChI is InChI=1S/C10H17BrF2O/c1-7-4-8(2,3)6-9(14,5-7)10(11,12)13/h7,14H,4-6H2,1-3H3.